The van der Waals surface area contributed by atoms with Gasteiger partial charge in [0.25, 0.3) is 10.2 Å². The van der Waals surface area contributed by atoms with Crippen LogP contribution in [0, 0.1) is 0 Å². The fourth-order valence-electron chi connectivity index (χ4n) is 3.25. The molecule has 1 N–H and O–H groups in total. The van der Waals surface area contributed by atoms with Gasteiger partial charge in [0.15, 0.2) is 0 Å². The second-order valence-corrected chi connectivity index (χ2v) is 8.42. The maximum atomic E-state index is 12.4. The Morgan fingerprint density at radius 1 is 1.13 bits per heavy atom. The molecule has 1 saturated heterocycles. The van der Waals surface area contributed by atoms with Crippen LogP contribution in [-0.4, -0.2) is 38.0 Å². The highest BCUT2D eigenvalue weighted by atomic mass is 35.5. The van der Waals surface area contributed by atoms with Gasteiger partial charge in [-0.3, -0.25) is 0 Å². The Bertz CT molecular complexity index is 624. The maximum absolute atomic E-state index is 12.4. The van der Waals surface area contributed by atoms with Crippen molar-refractivity contribution in [2.75, 3.05) is 13.1 Å². The van der Waals surface area contributed by atoms with E-state index in [9.17, 15) is 8.42 Å². The minimum Gasteiger partial charge on any atom is -0.490 e. The van der Waals surface area contributed by atoms with Gasteiger partial charge < -0.3 is 4.74 Å². The smallest absolute Gasteiger partial charge is 0.279 e. The van der Waals surface area contributed by atoms with Crippen LogP contribution in [0.4, 0.5) is 0 Å². The number of rotatable bonds is 5. The molecule has 23 heavy (non-hydrogen) atoms. The summed E-state index contributed by atoms with van der Waals surface area (Å²) in [7, 11) is -3.36. The lowest BCUT2D eigenvalue weighted by Crippen LogP contribution is -2.49. The average molecular weight is 359 g/mol. The summed E-state index contributed by atoms with van der Waals surface area (Å²) in [5.41, 5.74) is 0. The van der Waals surface area contributed by atoms with E-state index in [-0.39, 0.29) is 12.1 Å². The molecular formula is C16H23ClN2O3S. The Morgan fingerprint density at radius 3 is 2.48 bits per heavy atom. The number of nitrogens with zero attached hydrogens (tertiary/aromatic N) is 1. The van der Waals surface area contributed by atoms with Crippen molar-refractivity contribution in [2.45, 2.75) is 50.7 Å². The van der Waals surface area contributed by atoms with Crippen molar-refractivity contribution in [1.82, 2.24) is 9.03 Å². The van der Waals surface area contributed by atoms with Crippen LogP contribution in [0.2, 0.25) is 5.02 Å². The first kappa shape index (κ1) is 17.0. The van der Waals surface area contributed by atoms with Crippen LogP contribution in [-0.2, 0) is 10.2 Å². The van der Waals surface area contributed by atoms with E-state index in [1.54, 1.807) is 16.4 Å². The molecule has 0 spiro atoms. The van der Waals surface area contributed by atoms with E-state index in [2.05, 4.69) is 4.72 Å². The molecule has 2 fully saturated rings. The minimum absolute atomic E-state index is 0.0337. The van der Waals surface area contributed by atoms with Gasteiger partial charge >= 0.3 is 0 Å². The van der Waals surface area contributed by atoms with Crippen LogP contribution < -0.4 is 9.46 Å². The van der Waals surface area contributed by atoms with Crippen molar-refractivity contribution in [3.63, 3.8) is 0 Å². The Labute approximate surface area is 143 Å². The van der Waals surface area contributed by atoms with Crippen LogP contribution in [0.3, 0.4) is 0 Å². The van der Waals surface area contributed by atoms with Gasteiger partial charge in [0, 0.05) is 24.2 Å². The third kappa shape index (κ3) is 4.59. The van der Waals surface area contributed by atoms with Crippen LogP contribution >= 0.6 is 11.6 Å². The topological polar surface area (TPSA) is 58.6 Å². The summed E-state index contributed by atoms with van der Waals surface area (Å²) in [6.45, 7) is 0.987. The van der Waals surface area contributed by atoms with Gasteiger partial charge in [-0.25, -0.2) is 0 Å². The van der Waals surface area contributed by atoms with Crippen LogP contribution in [0.1, 0.15) is 38.5 Å². The molecule has 0 radical (unpaired) electrons. The molecule has 3 rings (SSSR count). The number of benzene rings is 1. The zero-order chi connectivity index (χ0) is 16.3. The van der Waals surface area contributed by atoms with Crippen LogP contribution in [0.15, 0.2) is 24.3 Å². The maximum Gasteiger partial charge on any atom is 0.279 e. The average Bonchev–Trinajstić information content (AvgIpc) is 3.00. The van der Waals surface area contributed by atoms with Gasteiger partial charge in [-0.05, 0) is 43.9 Å². The fourth-order valence-corrected chi connectivity index (χ4v) is 4.93. The number of ether oxygens (including phenoxy) is 1. The molecule has 1 heterocycles. The second-order valence-electron chi connectivity index (χ2n) is 6.28. The third-order valence-corrected chi connectivity index (χ3v) is 6.42. The zero-order valence-corrected chi connectivity index (χ0v) is 14.7. The predicted octanol–water partition coefficient (Wildman–Crippen LogP) is 2.96. The van der Waals surface area contributed by atoms with Gasteiger partial charge in [0.05, 0.1) is 0 Å². The molecule has 1 aromatic rings. The van der Waals surface area contributed by atoms with E-state index >= 15 is 0 Å². The highest BCUT2D eigenvalue weighted by Gasteiger charge is 2.31. The number of piperidine rings is 1. The lowest BCUT2D eigenvalue weighted by Gasteiger charge is -2.32. The minimum atomic E-state index is -3.36. The molecule has 0 unspecified atom stereocenters. The standard InChI is InChI=1S/C16H23ClN2O3S/c17-13-4-3-7-16(12-13)22-15-8-10-19(11-9-15)23(20,21)18-14-5-1-2-6-14/h3-4,7,12,14-15,18H,1-2,5-6,8-11H2. The van der Waals surface area contributed by atoms with Crippen molar-refractivity contribution < 1.29 is 13.2 Å². The van der Waals surface area contributed by atoms with Crippen molar-refractivity contribution in [3.05, 3.63) is 29.3 Å². The van der Waals surface area contributed by atoms with Crippen molar-refractivity contribution in [2.24, 2.45) is 0 Å². The number of halogens is 1. The molecule has 1 aromatic carbocycles. The Hall–Kier alpha value is -0.820. The second kappa shape index (κ2) is 7.38. The molecule has 1 aliphatic carbocycles. The van der Waals surface area contributed by atoms with E-state index in [0.717, 1.165) is 31.4 Å². The molecule has 0 aromatic heterocycles. The third-order valence-electron chi connectivity index (χ3n) is 4.51. The van der Waals surface area contributed by atoms with Gasteiger partial charge in [-0.1, -0.05) is 30.5 Å². The first-order valence-electron chi connectivity index (χ1n) is 8.22. The van der Waals surface area contributed by atoms with Gasteiger partial charge in [0.2, 0.25) is 0 Å². The SMILES string of the molecule is O=S(=O)(NC1CCCC1)N1CCC(Oc2cccc(Cl)c2)CC1. The highest BCUT2D eigenvalue weighted by molar-refractivity contribution is 7.87. The van der Waals surface area contributed by atoms with Crippen LogP contribution in [0.25, 0.3) is 0 Å². The predicted molar refractivity (Wildman–Crippen MR) is 91.0 cm³/mol. The fraction of sp³-hybridized carbons (Fsp3) is 0.625. The number of hydrogen-bond donors (Lipinski definition) is 1. The summed E-state index contributed by atoms with van der Waals surface area (Å²) in [6, 6.07) is 7.42. The number of nitrogens with one attached hydrogen (secondary N) is 1. The summed E-state index contributed by atoms with van der Waals surface area (Å²) < 4.78 is 35.1. The molecule has 2 aliphatic rings. The molecule has 0 amide bonds. The monoisotopic (exact) mass is 358 g/mol. The van der Waals surface area contributed by atoms with E-state index in [1.807, 2.05) is 12.1 Å². The first-order chi connectivity index (χ1) is 11.0. The first-order valence-corrected chi connectivity index (χ1v) is 10.0. The molecule has 7 heteroatoms. The Balaban J connectivity index is 1.51. The summed E-state index contributed by atoms with van der Waals surface area (Å²) in [5, 5.41) is 0.642. The van der Waals surface area contributed by atoms with E-state index in [4.69, 9.17) is 16.3 Å². The Kier molecular flexibility index (Phi) is 5.46. The zero-order valence-electron chi connectivity index (χ0n) is 13.1. The molecule has 1 aliphatic heterocycles. The summed E-state index contributed by atoms with van der Waals surface area (Å²) in [5.74, 6) is 0.739. The largest absolute Gasteiger partial charge is 0.490 e. The summed E-state index contributed by atoms with van der Waals surface area (Å²) in [4.78, 5) is 0. The molecule has 5 nitrogen and oxygen atoms in total. The van der Waals surface area contributed by atoms with Gasteiger partial charge in [-0.2, -0.15) is 17.4 Å². The van der Waals surface area contributed by atoms with E-state index < -0.39 is 10.2 Å². The van der Waals surface area contributed by atoms with Gasteiger partial charge in [0.1, 0.15) is 11.9 Å². The van der Waals surface area contributed by atoms with E-state index in [1.165, 1.54) is 0 Å². The molecule has 0 atom stereocenters. The number of hydrogen-bond acceptors (Lipinski definition) is 3. The molecule has 1 saturated carbocycles. The van der Waals surface area contributed by atoms with Gasteiger partial charge in [-0.15, -0.1) is 0 Å². The highest BCUT2D eigenvalue weighted by Crippen LogP contribution is 2.24. The van der Waals surface area contributed by atoms with Crippen molar-refractivity contribution >= 4 is 21.8 Å². The summed E-state index contributed by atoms with van der Waals surface area (Å²) in [6.07, 6.45) is 5.55. The molecule has 0 bridgehead atoms. The lowest BCUT2D eigenvalue weighted by atomic mass is 10.1. The van der Waals surface area contributed by atoms with Crippen LogP contribution in [0.5, 0.6) is 5.75 Å². The van der Waals surface area contributed by atoms with Crippen molar-refractivity contribution in [1.29, 1.82) is 0 Å². The van der Waals surface area contributed by atoms with E-state index in [0.29, 0.717) is 31.0 Å². The summed E-state index contributed by atoms with van der Waals surface area (Å²) >= 11 is 5.95. The lowest BCUT2D eigenvalue weighted by molar-refractivity contribution is 0.134. The molecular weight excluding hydrogens is 336 g/mol. The van der Waals surface area contributed by atoms with Crippen molar-refractivity contribution in [3.8, 4) is 5.75 Å². The normalized spacial score (nSPS) is 21.6. The Morgan fingerprint density at radius 2 is 1.83 bits per heavy atom. The quantitative estimate of drug-likeness (QED) is 0.880. The molecule has 128 valence electrons.